The highest BCUT2D eigenvalue weighted by atomic mass is 35.5. The van der Waals surface area contributed by atoms with Crippen LogP contribution in [0.1, 0.15) is 18.2 Å². The van der Waals surface area contributed by atoms with Crippen LogP contribution < -0.4 is 0 Å². The first-order valence-corrected chi connectivity index (χ1v) is 6.95. The number of aliphatic carboxylic acids is 1. The van der Waals surface area contributed by atoms with Crippen LogP contribution in [0.25, 0.3) is 0 Å². The summed E-state index contributed by atoms with van der Waals surface area (Å²) in [5, 5.41) is 13.3. The Morgan fingerprint density at radius 3 is 2.65 bits per heavy atom. The number of hydrogen-bond donors (Lipinski definition) is 1. The number of hydrogen-bond acceptors (Lipinski definition) is 3. The number of carbonyl (C=O) groups is 1. The fourth-order valence-corrected chi connectivity index (χ4v) is 3.21. The van der Waals surface area contributed by atoms with Gasteiger partial charge in [0, 0.05) is 29.2 Å². The summed E-state index contributed by atoms with van der Waals surface area (Å²) in [5.74, 6) is -1.19. The summed E-state index contributed by atoms with van der Waals surface area (Å²) >= 11 is 6.01. The molecule has 1 aromatic rings. The molecule has 2 unspecified atom stereocenters. The molecule has 1 heterocycles. The van der Waals surface area contributed by atoms with Crippen molar-refractivity contribution in [3.8, 4) is 0 Å². The zero-order valence-corrected chi connectivity index (χ0v) is 11.5. The number of carboxylic acids is 1. The summed E-state index contributed by atoms with van der Waals surface area (Å²) in [4.78, 5) is 10.6. The van der Waals surface area contributed by atoms with E-state index in [1.807, 2.05) is 0 Å². The van der Waals surface area contributed by atoms with Crippen molar-refractivity contribution in [3.63, 3.8) is 0 Å². The van der Waals surface area contributed by atoms with Gasteiger partial charge in [-0.2, -0.15) is 5.10 Å². The topological polar surface area (TPSA) is 72.2 Å². The van der Waals surface area contributed by atoms with Crippen LogP contribution in [0, 0.1) is 12.8 Å². The Morgan fingerprint density at radius 2 is 2.24 bits per heavy atom. The molecule has 0 amide bonds. The van der Waals surface area contributed by atoms with Crippen molar-refractivity contribution in [2.24, 2.45) is 13.0 Å². The van der Waals surface area contributed by atoms with Gasteiger partial charge in [-0.05, 0) is 6.92 Å². The van der Waals surface area contributed by atoms with Crippen molar-refractivity contribution in [1.82, 2.24) is 9.78 Å². The molecule has 17 heavy (non-hydrogen) atoms. The molecule has 96 valence electrons. The number of carboxylic acid groups (broad SMARTS) is 1. The molecule has 7 heteroatoms. The van der Waals surface area contributed by atoms with Gasteiger partial charge < -0.3 is 5.11 Å². The van der Waals surface area contributed by atoms with Gasteiger partial charge in [0.1, 0.15) is 5.15 Å². The molecule has 0 radical (unpaired) electrons. The van der Waals surface area contributed by atoms with Gasteiger partial charge in [-0.25, -0.2) is 0 Å². The SMILES string of the molecule is Cc1nn(C)c(Cl)c1CS(=O)CC(C)C(=O)O. The lowest BCUT2D eigenvalue weighted by Gasteiger charge is -2.06. The van der Waals surface area contributed by atoms with E-state index in [9.17, 15) is 9.00 Å². The van der Waals surface area contributed by atoms with Crippen LogP contribution in [0.2, 0.25) is 5.15 Å². The summed E-state index contributed by atoms with van der Waals surface area (Å²) in [6, 6.07) is 0. The van der Waals surface area contributed by atoms with Gasteiger partial charge >= 0.3 is 5.97 Å². The number of aromatic nitrogens is 2. The lowest BCUT2D eigenvalue weighted by Crippen LogP contribution is -2.18. The molecule has 0 bridgehead atoms. The zero-order valence-electron chi connectivity index (χ0n) is 9.94. The third-order valence-electron chi connectivity index (χ3n) is 2.43. The zero-order chi connectivity index (χ0) is 13.2. The van der Waals surface area contributed by atoms with Crippen LogP contribution in [0.4, 0.5) is 0 Å². The Bertz CT molecular complexity index is 459. The van der Waals surface area contributed by atoms with E-state index in [0.717, 1.165) is 11.3 Å². The molecule has 0 aliphatic heterocycles. The van der Waals surface area contributed by atoms with Gasteiger partial charge in [0.05, 0.1) is 17.4 Å². The largest absolute Gasteiger partial charge is 0.481 e. The smallest absolute Gasteiger partial charge is 0.307 e. The van der Waals surface area contributed by atoms with Crippen LogP contribution in [-0.2, 0) is 28.4 Å². The summed E-state index contributed by atoms with van der Waals surface area (Å²) in [6.45, 7) is 3.33. The Labute approximate surface area is 107 Å². The predicted octanol–water partition coefficient (Wildman–Crippen LogP) is 1.35. The molecule has 5 nitrogen and oxygen atoms in total. The van der Waals surface area contributed by atoms with Crippen molar-refractivity contribution in [3.05, 3.63) is 16.4 Å². The number of nitrogens with zero attached hydrogens (tertiary/aromatic N) is 2. The normalized spacial score (nSPS) is 14.6. The van der Waals surface area contributed by atoms with E-state index in [1.54, 1.807) is 14.0 Å². The minimum atomic E-state index is -1.25. The lowest BCUT2D eigenvalue weighted by atomic mass is 10.2. The Morgan fingerprint density at radius 1 is 1.65 bits per heavy atom. The van der Waals surface area contributed by atoms with Gasteiger partial charge in [0.25, 0.3) is 0 Å². The Kier molecular flexibility index (Phi) is 4.70. The molecule has 2 atom stereocenters. The molecule has 1 N–H and O–H groups in total. The van der Waals surface area contributed by atoms with Gasteiger partial charge in [0.15, 0.2) is 0 Å². The van der Waals surface area contributed by atoms with Crippen LogP contribution >= 0.6 is 11.6 Å². The van der Waals surface area contributed by atoms with Crippen LogP contribution in [-0.4, -0.2) is 30.8 Å². The maximum absolute atomic E-state index is 11.8. The van der Waals surface area contributed by atoms with Crippen LogP contribution in [0.15, 0.2) is 0 Å². The first-order chi connectivity index (χ1) is 7.82. The Balaban J connectivity index is 2.72. The molecule has 0 fully saturated rings. The van der Waals surface area contributed by atoms with E-state index in [4.69, 9.17) is 16.7 Å². The second kappa shape index (κ2) is 5.64. The standard InChI is InChI=1S/C10H15ClN2O3S/c1-6(10(14)15)4-17(16)5-8-7(2)12-13(3)9(8)11/h6H,4-5H2,1-3H3,(H,14,15). The van der Waals surface area contributed by atoms with E-state index in [0.29, 0.717) is 5.15 Å². The predicted molar refractivity (Wildman–Crippen MR) is 66.5 cm³/mol. The maximum Gasteiger partial charge on any atom is 0.307 e. The van der Waals surface area contributed by atoms with Gasteiger partial charge in [-0.1, -0.05) is 18.5 Å². The fraction of sp³-hybridized carbons (Fsp3) is 0.600. The molecule has 1 rings (SSSR count). The quantitative estimate of drug-likeness (QED) is 0.882. The minimum absolute atomic E-state index is 0.125. The first-order valence-electron chi connectivity index (χ1n) is 5.08. The third-order valence-corrected chi connectivity index (χ3v) is 4.39. The van der Waals surface area contributed by atoms with E-state index in [2.05, 4.69) is 5.10 Å². The van der Waals surface area contributed by atoms with Crippen molar-refractivity contribution in [1.29, 1.82) is 0 Å². The molecule has 0 saturated heterocycles. The first kappa shape index (κ1) is 14.2. The van der Waals surface area contributed by atoms with E-state index in [1.165, 1.54) is 11.6 Å². The van der Waals surface area contributed by atoms with Crippen LogP contribution in [0.3, 0.4) is 0 Å². The monoisotopic (exact) mass is 278 g/mol. The average Bonchev–Trinajstić information content (AvgIpc) is 2.45. The van der Waals surface area contributed by atoms with Gasteiger partial charge in [-0.15, -0.1) is 0 Å². The molecule has 0 saturated carbocycles. The molecule has 0 aromatic carbocycles. The van der Waals surface area contributed by atoms with Crippen molar-refractivity contribution >= 4 is 28.4 Å². The van der Waals surface area contributed by atoms with E-state index >= 15 is 0 Å². The molecule has 0 aliphatic carbocycles. The third kappa shape index (κ3) is 3.54. The summed E-state index contributed by atoms with van der Waals surface area (Å²) in [5.41, 5.74) is 1.46. The fourth-order valence-electron chi connectivity index (χ4n) is 1.41. The van der Waals surface area contributed by atoms with Crippen molar-refractivity contribution in [2.75, 3.05) is 5.75 Å². The highest BCUT2D eigenvalue weighted by molar-refractivity contribution is 7.84. The number of aryl methyl sites for hydroxylation is 2. The number of halogens is 1. The minimum Gasteiger partial charge on any atom is -0.481 e. The molecule has 0 aliphatic rings. The summed E-state index contributed by atoms with van der Waals surface area (Å²) < 4.78 is 13.3. The van der Waals surface area contributed by atoms with Gasteiger partial charge in [-0.3, -0.25) is 13.7 Å². The molecular weight excluding hydrogens is 264 g/mol. The highest BCUT2D eigenvalue weighted by Crippen LogP contribution is 2.20. The Hall–Kier alpha value is -0.880. The highest BCUT2D eigenvalue weighted by Gasteiger charge is 2.18. The summed E-state index contributed by atoms with van der Waals surface area (Å²) in [7, 11) is 0.462. The number of rotatable bonds is 5. The van der Waals surface area contributed by atoms with Crippen molar-refractivity contribution in [2.45, 2.75) is 19.6 Å². The molecular formula is C10H15ClN2O3S. The lowest BCUT2D eigenvalue weighted by molar-refractivity contribution is -0.140. The van der Waals surface area contributed by atoms with Gasteiger partial charge in [0.2, 0.25) is 0 Å². The summed E-state index contributed by atoms with van der Waals surface area (Å²) in [6.07, 6.45) is 0. The molecule has 0 spiro atoms. The van der Waals surface area contributed by atoms with Crippen molar-refractivity contribution < 1.29 is 14.1 Å². The van der Waals surface area contributed by atoms with E-state index < -0.39 is 22.7 Å². The second-order valence-corrected chi connectivity index (χ2v) is 5.83. The second-order valence-electron chi connectivity index (χ2n) is 3.97. The maximum atomic E-state index is 11.8. The van der Waals surface area contributed by atoms with E-state index in [-0.39, 0.29) is 11.5 Å². The van der Waals surface area contributed by atoms with Crippen LogP contribution in [0.5, 0.6) is 0 Å². The molecule has 1 aromatic heterocycles. The average molecular weight is 279 g/mol.